The molecule has 0 saturated heterocycles. The van der Waals surface area contributed by atoms with Gasteiger partial charge in [-0.05, 0) is 47.3 Å². The second-order valence-electron chi connectivity index (χ2n) is 9.73. The molecule has 1 aromatic carbocycles. The number of ether oxygens (including phenoxy) is 1. The number of benzene rings is 1. The van der Waals surface area contributed by atoms with E-state index in [1.807, 2.05) is 26.0 Å². The van der Waals surface area contributed by atoms with Crippen molar-refractivity contribution in [1.82, 2.24) is 4.72 Å². The summed E-state index contributed by atoms with van der Waals surface area (Å²) in [7, 11) is -3.60. The molecule has 156 valence electrons. The van der Waals surface area contributed by atoms with Gasteiger partial charge in [-0.2, -0.15) is 0 Å². The number of unbranched alkanes of at least 4 members (excludes halogenated alkanes) is 1. The Kier molecular flexibility index (Phi) is 8.36. The van der Waals surface area contributed by atoms with Crippen molar-refractivity contribution in [3.8, 4) is 5.75 Å². The van der Waals surface area contributed by atoms with Gasteiger partial charge < -0.3 is 4.74 Å². The largest absolute Gasteiger partial charge is 0.492 e. The van der Waals surface area contributed by atoms with Gasteiger partial charge in [0.05, 0.1) is 6.61 Å². The van der Waals surface area contributed by atoms with E-state index in [4.69, 9.17) is 4.74 Å². The van der Waals surface area contributed by atoms with Crippen LogP contribution >= 0.6 is 0 Å². The molecule has 0 fully saturated rings. The third-order valence-electron chi connectivity index (χ3n) is 4.42. The topological polar surface area (TPSA) is 55.4 Å². The molecule has 0 aliphatic heterocycles. The molecule has 1 rings (SSSR count). The van der Waals surface area contributed by atoms with Crippen LogP contribution in [0.15, 0.2) is 23.1 Å². The first-order chi connectivity index (χ1) is 12.3. The van der Waals surface area contributed by atoms with Crippen molar-refractivity contribution in [2.75, 3.05) is 13.2 Å². The van der Waals surface area contributed by atoms with Crippen LogP contribution in [-0.2, 0) is 15.4 Å². The van der Waals surface area contributed by atoms with E-state index in [1.165, 1.54) is 0 Å². The van der Waals surface area contributed by atoms with Gasteiger partial charge in [0.2, 0.25) is 10.0 Å². The smallest absolute Gasteiger partial charge is 0.244 e. The van der Waals surface area contributed by atoms with Gasteiger partial charge in [0.25, 0.3) is 0 Å². The van der Waals surface area contributed by atoms with E-state index in [0.29, 0.717) is 18.9 Å². The molecule has 0 saturated carbocycles. The van der Waals surface area contributed by atoms with Crippen molar-refractivity contribution in [3.63, 3.8) is 0 Å². The van der Waals surface area contributed by atoms with E-state index in [-0.39, 0.29) is 21.6 Å². The van der Waals surface area contributed by atoms with Crippen LogP contribution in [0.25, 0.3) is 0 Å². The number of hydrogen-bond acceptors (Lipinski definition) is 3. The van der Waals surface area contributed by atoms with E-state index < -0.39 is 10.0 Å². The molecule has 0 aliphatic rings. The number of nitrogens with one attached hydrogen (secondary N) is 1. The van der Waals surface area contributed by atoms with Gasteiger partial charge in [0.1, 0.15) is 10.6 Å². The fourth-order valence-corrected chi connectivity index (χ4v) is 4.71. The fourth-order valence-electron chi connectivity index (χ4n) is 3.37. The second-order valence-corrected chi connectivity index (χ2v) is 11.5. The van der Waals surface area contributed by atoms with Gasteiger partial charge in [0, 0.05) is 6.54 Å². The maximum absolute atomic E-state index is 12.8. The summed E-state index contributed by atoms with van der Waals surface area (Å²) in [4.78, 5) is 0.231. The zero-order valence-electron chi connectivity index (χ0n) is 18.5. The molecular formula is C22H39NO3S. The minimum Gasteiger partial charge on any atom is -0.492 e. The highest BCUT2D eigenvalue weighted by Gasteiger charge is 2.29. The van der Waals surface area contributed by atoms with Crippen molar-refractivity contribution in [1.29, 1.82) is 0 Å². The Morgan fingerprint density at radius 3 is 2.26 bits per heavy atom. The zero-order valence-corrected chi connectivity index (χ0v) is 19.3. The Labute approximate surface area is 167 Å². The number of hydrogen-bond donors (Lipinski definition) is 1. The fraction of sp³-hybridized carbons (Fsp3) is 0.727. The van der Waals surface area contributed by atoms with Crippen LogP contribution in [0.2, 0.25) is 0 Å². The van der Waals surface area contributed by atoms with E-state index in [0.717, 1.165) is 24.8 Å². The summed E-state index contributed by atoms with van der Waals surface area (Å²) >= 11 is 0. The minimum absolute atomic E-state index is 0.0746. The molecule has 0 atom stereocenters. The molecule has 5 heteroatoms. The Morgan fingerprint density at radius 1 is 1.11 bits per heavy atom. The van der Waals surface area contributed by atoms with E-state index in [9.17, 15) is 8.42 Å². The minimum atomic E-state index is -3.60. The molecule has 0 radical (unpaired) electrons. The van der Waals surface area contributed by atoms with E-state index in [2.05, 4.69) is 46.3 Å². The quantitative estimate of drug-likeness (QED) is 0.529. The van der Waals surface area contributed by atoms with Crippen LogP contribution in [0.3, 0.4) is 0 Å². The highest BCUT2D eigenvalue weighted by Crippen LogP contribution is 2.38. The molecule has 0 unspecified atom stereocenters. The predicted molar refractivity (Wildman–Crippen MR) is 114 cm³/mol. The highest BCUT2D eigenvalue weighted by atomic mass is 32.2. The molecule has 0 aliphatic carbocycles. The van der Waals surface area contributed by atoms with Gasteiger partial charge in [-0.1, -0.05) is 67.9 Å². The summed E-state index contributed by atoms with van der Waals surface area (Å²) in [5.74, 6) is 0.702. The van der Waals surface area contributed by atoms with E-state index in [1.54, 1.807) is 6.07 Å². The lowest BCUT2D eigenvalue weighted by molar-refractivity contribution is 0.279. The average molecular weight is 398 g/mol. The van der Waals surface area contributed by atoms with E-state index >= 15 is 0 Å². The second kappa shape index (κ2) is 9.42. The summed E-state index contributed by atoms with van der Waals surface area (Å²) in [6, 6.07) is 5.55. The molecule has 4 nitrogen and oxygen atoms in total. The molecule has 0 spiro atoms. The monoisotopic (exact) mass is 397 g/mol. The summed E-state index contributed by atoms with van der Waals surface area (Å²) in [6.07, 6.45) is 2.89. The number of rotatable bonds is 10. The Morgan fingerprint density at radius 2 is 1.74 bits per heavy atom. The summed E-state index contributed by atoms with van der Waals surface area (Å²) in [5, 5.41) is 0. The van der Waals surface area contributed by atoms with Crippen LogP contribution in [0.5, 0.6) is 5.75 Å². The van der Waals surface area contributed by atoms with Crippen LogP contribution in [0.4, 0.5) is 0 Å². The molecule has 0 bridgehead atoms. The Bertz CT molecular complexity index is 701. The van der Waals surface area contributed by atoms with Crippen molar-refractivity contribution >= 4 is 10.0 Å². The standard InChI is InChI=1S/C22H39NO3S/c1-9-10-13-26-19-14-18(22(7,8)16-21(4,5)6)11-12-20(19)27(24,25)23-15-17(2)3/h11-12,14,17,23H,9-10,13,15-16H2,1-8H3. The zero-order chi connectivity index (χ0) is 20.9. The van der Waals surface area contributed by atoms with Crippen LogP contribution < -0.4 is 9.46 Å². The third-order valence-corrected chi connectivity index (χ3v) is 5.89. The third kappa shape index (κ3) is 7.82. The first kappa shape index (κ1) is 24.0. The Balaban J connectivity index is 3.28. The molecule has 1 N–H and O–H groups in total. The molecule has 0 heterocycles. The lowest BCUT2D eigenvalue weighted by atomic mass is 9.72. The lowest BCUT2D eigenvalue weighted by Crippen LogP contribution is -2.28. The maximum Gasteiger partial charge on any atom is 0.244 e. The van der Waals surface area contributed by atoms with Gasteiger partial charge in [-0.25, -0.2) is 13.1 Å². The molecule has 0 amide bonds. The van der Waals surface area contributed by atoms with Gasteiger partial charge in [-0.3, -0.25) is 0 Å². The summed E-state index contributed by atoms with van der Waals surface area (Å²) < 4.78 is 34.2. The van der Waals surface area contributed by atoms with Gasteiger partial charge >= 0.3 is 0 Å². The normalized spacial score (nSPS) is 13.2. The first-order valence-corrected chi connectivity index (χ1v) is 11.5. The molecule has 0 aromatic heterocycles. The van der Waals surface area contributed by atoms with Crippen LogP contribution in [0, 0.1) is 11.3 Å². The van der Waals surface area contributed by atoms with Crippen molar-refractivity contribution in [2.24, 2.45) is 11.3 Å². The average Bonchev–Trinajstić information content (AvgIpc) is 2.51. The lowest BCUT2D eigenvalue weighted by Gasteiger charge is -2.33. The Hall–Kier alpha value is -1.07. The van der Waals surface area contributed by atoms with Crippen LogP contribution in [-0.4, -0.2) is 21.6 Å². The van der Waals surface area contributed by atoms with Crippen molar-refractivity contribution in [2.45, 2.75) is 85.0 Å². The summed E-state index contributed by atoms with van der Waals surface area (Å²) in [6.45, 7) is 18.1. The van der Waals surface area contributed by atoms with Crippen molar-refractivity contribution < 1.29 is 13.2 Å². The van der Waals surface area contributed by atoms with Gasteiger partial charge in [0.15, 0.2) is 0 Å². The molecular weight excluding hydrogens is 358 g/mol. The van der Waals surface area contributed by atoms with Gasteiger partial charge in [-0.15, -0.1) is 0 Å². The highest BCUT2D eigenvalue weighted by molar-refractivity contribution is 7.89. The first-order valence-electron chi connectivity index (χ1n) is 10.1. The van der Waals surface area contributed by atoms with Crippen molar-refractivity contribution in [3.05, 3.63) is 23.8 Å². The predicted octanol–water partition coefficient (Wildman–Crippen LogP) is 5.51. The number of sulfonamides is 1. The SMILES string of the molecule is CCCCOc1cc(C(C)(C)CC(C)(C)C)ccc1S(=O)(=O)NCC(C)C. The van der Waals surface area contributed by atoms with Crippen LogP contribution in [0.1, 0.15) is 80.2 Å². The summed E-state index contributed by atoms with van der Waals surface area (Å²) in [5.41, 5.74) is 1.21. The molecule has 1 aromatic rings. The molecule has 27 heavy (non-hydrogen) atoms. The maximum atomic E-state index is 12.8.